The molecule has 0 saturated carbocycles. The van der Waals surface area contributed by atoms with E-state index in [4.69, 9.17) is 5.11 Å². The fraction of sp³-hybridized carbons (Fsp3) is 0.750. The van der Waals surface area contributed by atoms with E-state index in [0.29, 0.717) is 25.8 Å². The standard InChI is InChI=1S/C12H22N2O4/c1-4-14(9-11(16)13(2)3)10(15)7-5-6-8-12(17)18/h4-9H2,1-3H3,(H,17,18). The summed E-state index contributed by atoms with van der Waals surface area (Å²) in [6, 6.07) is 0. The van der Waals surface area contributed by atoms with Gasteiger partial charge >= 0.3 is 5.97 Å². The lowest BCUT2D eigenvalue weighted by Crippen LogP contribution is -2.40. The number of hydrogen-bond donors (Lipinski definition) is 1. The van der Waals surface area contributed by atoms with E-state index in [1.165, 1.54) is 9.80 Å². The highest BCUT2D eigenvalue weighted by molar-refractivity contribution is 5.84. The molecule has 0 bridgehead atoms. The van der Waals surface area contributed by atoms with Crippen molar-refractivity contribution >= 4 is 17.8 Å². The highest BCUT2D eigenvalue weighted by Crippen LogP contribution is 2.04. The Hall–Kier alpha value is -1.59. The van der Waals surface area contributed by atoms with Gasteiger partial charge in [0.15, 0.2) is 0 Å². The summed E-state index contributed by atoms with van der Waals surface area (Å²) in [5, 5.41) is 8.47. The molecule has 0 aromatic rings. The summed E-state index contributed by atoms with van der Waals surface area (Å²) in [5.74, 6) is -1.06. The lowest BCUT2D eigenvalue weighted by molar-refractivity contribution is -0.139. The Morgan fingerprint density at radius 3 is 2.00 bits per heavy atom. The maximum absolute atomic E-state index is 11.8. The molecule has 0 aromatic carbocycles. The van der Waals surface area contributed by atoms with Crippen molar-refractivity contribution in [1.82, 2.24) is 9.80 Å². The van der Waals surface area contributed by atoms with Crippen LogP contribution >= 0.6 is 0 Å². The number of carbonyl (C=O) groups is 3. The van der Waals surface area contributed by atoms with Gasteiger partial charge in [-0.05, 0) is 19.8 Å². The van der Waals surface area contributed by atoms with Gasteiger partial charge in [-0.3, -0.25) is 14.4 Å². The molecule has 0 heterocycles. The minimum Gasteiger partial charge on any atom is -0.481 e. The van der Waals surface area contributed by atoms with E-state index in [9.17, 15) is 14.4 Å². The van der Waals surface area contributed by atoms with Gasteiger partial charge in [0, 0.05) is 33.5 Å². The van der Waals surface area contributed by atoms with Crippen LogP contribution in [0.15, 0.2) is 0 Å². The van der Waals surface area contributed by atoms with Crippen LogP contribution in [0.1, 0.15) is 32.6 Å². The molecule has 0 saturated heterocycles. The zero-order chi connectivity index (χ0) is 14.1. The largest absolute Gasteiger partial charge is 0.481 e. The maximum Gasteiger partial charge on any atom is 0.303 e. The lowest BCUT2D eigenvalue weighted by Gasteiger charge is -2.22. The zero-order valence-corrected chi connectivity index (χ0v) is 11.3. The molecule has 0 spiro atoms. The van der Waals surface area contributed by atoms with Crippen molar-refractivity contribution in [2.75, 3.05) is 27.2 Å². The predicted molar refractivity (Wildman–Crippen MR) is 67.1 cm³/mol. The summed E-state index contributed by atoms with van der Waals surface area (Å²) in [4.78, 5) is 36.5. The third-order valence-electron chi connectivity index (χ3n) is 2.59. The fourth-order valence-corrected chi connectivity index (χ4v) is 1.39. The van der Waals surface area contributed by atoms with E-state index in [1.54, 1.807) is 14.1 Å². The molecule has 0 rings (SSSR count). The average Bonchev–Trinajstić information content (AvgIpc) is 2.30. The van der Waals surface area contributed by atoms with Gasteiger partial charge in [-0.2, -0.15) is 0 Å². The van der Waals surface area contributed by atoms with Crippen LogP contribution in [0.2, 0.25) is 0 Å². The monoisotopic (exact) mass is 258 g/mol. The number of carbonyl (C=O) groups excluding carboxylic acids is 2. The van der Waals surface area contributed by atoms with Gasteiger partial charge in [-0.1, -0.05) is 0 Å². The zero-order valence-electron chi connectivity index (χ0n) is 11.3. The van der Waals surface area contributed by atoms with E-state index in [0.717, 1.165) is 0 Å². The van der Waals surface area contributed by atoms with Crippen LogP contribution in [0, 0.1) is 0 Å². The predicted octanol–water partition coefficient (Wildman–Crippen LogP) is 0.568. The second kappa shape index (κ2) is 8.49. The number of aliphatic carboxylic acids is 1. The Morgan fingerprint density at radius 1 is 1.00 bits per heavy atom. The van der Waals surface area contributed by atoms with E-state index in [2.05, 4.69) is 0 Å². The van der Waals surface area contributed by atoms with Crippen molar-refractivity contribution in [2.45, 2.75) is 32.6 Å². The molecular weight excluding hydrogens is 236 g/mol. The van der Waals surface area contributed by atoms with Gasteiger partial charge < -0.3 is 14.9 Å². The van der Waals surface area contributed by atoms with Gasteiger partial charge in [-0.25, -0.2) is 0 Å². The van der Waals surface area contributed by atoms with Crippen molar-refractivity contribution < 1.29 is 19.5 Å². The van der Waals surface area contributed by atoms with Crippen molar-refractivity contribution in [2.24, 2.45) is 0 Å². The van der Waals surface area contributed by atoms with Crippen molar-refractivity contribution in [3.63, 3.8) is 0 Å². The van der Waals surface area contributed by atoms with Crippen molar-refractivity contribution in [3.05, 3.63) is 0 Å². The summed E-state index contributed by atoms with van der Waals surface area (Å²) >= 11 is 0. The molecule has 0 aliphatic rings. The molecule has 0 aromatic heterocycles. The number of nitrogens with zero attached hydrogens (tertiary/aromatic N) is 2. The molecule has 0 aliphatic carbocycles. The van der Waals surface area contributed by atoms with E-state index in [-0.39, 0.29) is 24.8 Å². The summed E-state index contributed by atoms with van der Waals surface area (Å²) in [6.45, 7) is 2.39. The summed E-state index contributed by atoms with van der Waals surface area (Å²) in [7, 11) is 3.29. The van der Waals surface area contributed by atoms with E-state index < -0.39 is 5.97 Å². The minimum absolute atomic E-state index is 0.0794. The highest BCUT2D eigenvalue weighted by Gasteiger charge is 2.16. The van der Waals surface area contributed by atoms with Crippen LogP contribution in [-0.4, -0.2) is 59.9 Å². The van der Waals surface area contributed by atoms with Crippen LogP contribution in [0.25, 0.3) is 0 Å². The third kappa shape index (κ3) is 6.88. The highest BCUT2D eigenvalue weighted by atomic mass is 16.4. The van der Waals surface area contributed by atoms with Crippen molar-refractivity contribution in [3.8, 4) is 0 Å². The Bertz CT molecular complexity index is 302. The van der Waals surface area contributed by atoms with Crippen molar-refractivity contribution in [1.29, 1.82) is 0 Å². The Morgan fingerprint density at radius 2 is 1.56 bits per heavy atom. The number of carboxylic acids is 1. The SMILES string of the molecule is CCN(CC(=O)N(C)C)C(=O)CCCCC(=O)O. The lowest BCUT2D eigenvalue weighted by atomic mass is 10.2. The van der Waals surface area contributed by atoms with Crippen LogP contribution in [-0.2, 0) is 14.4 Å². The Labute approximate surface area is 108 Å². The Kier molecular flexibility index (Phi) is 7.74. The molecule has 1 N–H and O–H groups in total. The summed E-state index contributed by atoms with van der Waals surface area (Å²) in [6.07, 6.45) is 1.40. The van der Waals surface area contributed by atoms with E-state index in [1.807, 2.05) is 6.92 Å². The van der Waals surface area contributed by atoms with Gasteiger partial charge in [0.25, 0.3) is 0 Å². The minimum atomic E-state index is -0.849. The van der Waals surface area contributed by atoms with Gasteiger partial charge in [-0.15, -0.1) is 0 Å². The second-order valence-corrected chi connectivity index (χ2v) is 4.30. The number of likely N-dealkylation sites (N-methyl/N-ethyl adjacent to an activating group) is 2. The van der Waals surface area contributed by atoms with Gasteiger partial charge in [0.05, 0.1) is 6.54 Å². The number of hydrogen-bond acceptors (Lipinski definition) is 3. The van der Waals surface area contributed by atoms with E-state index >= 15 is 0 Å². The number of rotatable bonds is 8. The molecule has 18 heavy (non-hydrogen) atoms. The third-order valence-corrected chi connectivity index (χ3v) is 2.59. The molecule has 2 amide bonds. The second-order valence-electron chi connectivity index (χ2n) is 4.30. The molecule has 104 valence electrons. The first kappa shape index (κ1) is 16.4. The number of carboxylic acid groups (broad SMARTS) is 1. The van der Waals surface area contributed by atoms with Crippen LogP contribution in [0.4, 0.5) is 0 Å². The summed E-state index contributed by atoms with van der Waals surface area (Å²) in [5.41, 5.74) is 0. The maximum atomic E-state index is 11.8. The van der Waals surface area contributed by atoms with Gasteiger partial charge in [0.2, 0.25) is 11.8 Å². The smallest absolute Gasteiger partial charge is 0.303 e. The summed E-state index contributed by atoms with van der Waals surface area (Å²) < 4.78 is 0. The van der Waals surface area contributed by atoms with Crippen LogP contribution in [0.3, 0.4) is 0 Å². The fourth-order valence-electron chi connectivity index (χ4n) is 1.39. The average molecular weight is 258 g/mol. The normalized spacial score (nSPS) is 9.94. The Balaban J connectivity index is 4.03. The molecule has 6 heteroatoms. The molecular formula is C12H22N2O4. The molecule has 0 atom stereocenters. The number of unbranched alkanes of at least 4 members (excludes halogenated alkanes) is 1. The first-order chi connectivity index (χ1) is 8.38. The first-order valence-electron chi connectivity index (χ1n) is 6.08. The first-order valence-corrected chi connectivity index (χ1v) is 6.08. The molecule has 6 nitrogen and oxygen atoms in total. The molecule has 0 radical (unpaired) electrons. The number of amides is 2. The molecule has 0 aliphatic heterocycles. The molecule has 0 unspecified atom stereocenters. The quantitative estimate of drug-likeness (QED) is 0.646. The van der Waals surface area contributed by atoms with Crippen LogP contribution in [0.5, 0.6) is 0 Å². The van der Waals surface area contributed by atoms with Crippen LogP contribution < -0.4 is 0 Å². The van der Waals surface area contributed by atoms with Gasteiger partial charge in [0.1, 0.15) is 0 Å². The molecule has 0 fully saturated rings. The topological polar surface area (TPSA) is 77.9 Å².